The lowest BCUT2D eigenvalue weighted by molar-refractivity contribution is 0.475. The Bertz CT molecular complexity index is 499. The van der Waals surface area contributed by atoms with Crippen LogP contribution < -0.4 is 0 Å². The van der Waals surface area contributed by atoms with Gasteiger partial charge >= 0.3 is 0 Å². The van der Waals surface area contributed by atoms with Gasteiger partial charge in [-0.05, 0) is 42.5 Å². The van der Waals surface area contributed by atoms with E-state index in [1.165, 1.54) is 23.9 Å². The van der Waals surface area contributed by atoms with Gasteiger partial charge in [-0.15, -0.1) is 0 Å². The predicted molar refractivity (Wildman–Crippen MR) is 63.6 cm³/mol. The van der Waals surface area contributed by atoms with Crippen LogP contribution in [0.4, 0.5) is 4.39 Å². The third-order valence-electron chi connectivity index (χ3n) is 1.96. The number of aromatic hydroxyl groups is 1. The van der Waals surface area contributed by atoms with E-state index in [2.05, 4.69) is 0 Å². The zero-order valence-corrected chi connectivity index (χ0v) is 9.73. The molecule has 0 aliphatic heterocycles. The number of hydrogen-bond donors (Lipinski definition) is 1. The van der Waals surface area contributed by atoms with Crippen LogP contribution >= 0.6 is 23.4 Å². The van der Waals surface area contributed by atoms with Gasteiger partial charge in [0.05, 0.1) is 5.02 Å². The van der Waals surface area contributed by atoms with Gasteiger partial charge in [-0.1, -0.05) is 23.4 Å². The van der Waals surface area contributed by atoms with Crippen molar-refractivity contribution in [3.8, 4) is 5.75 Å². The Labute approximate surface area is 102 Å². The highest BCUT2D eigenvalue weighted by atomic mass is 35.5. The van der Waals surface area contributed by atoms with E-state index in [9.17, 15) is 4.39 Å². The Hall–Kier alpha value is -1.19. The molecule has 0 saturated heterocycles. The van der Waals surface area contributed by atoms with Gasteiger partial charge < -0.3 is 5.11 Å². The van der Waals surface area contributed by atoms with E-state index < -0.39 is 5.82 Å². The van der Waals surface area contributed by atoms with Crippen LogP contribution in [-0.4, -0.2) is 5.11 Å². The van der Waals surface area contributed by atoms with Gasteiger partial charge in [-0.2, -0.15) is 0 Å². The van der Waals surface area contributed by atoms with Crippen molar-refractivity contribution in [3.63, 3.8) is 0 Å². The SMILES string of the molecule is Oc1ccc(Sc2ccc(Cl)c(F)c2)cc1. The zero-order chi connectivity index (χ0) is 11.5. The number of halogens is 2. The minimum atomic E-state index is -0.426. The van der Waals surface area contributed by atoms with E-state index in [0.29, 0.717) is 0 Å². The quantitative estimate of drug-likeness (QED) is 0.861. The first-order chi connectivity index (χ1) is 7.65. The van der Waals surface area contributed by atoms with Crippen molar-refractivity contribution in [3.05, 3.63) is 53.3 Å². The molecule has 0 bridgehead atoms. The molecule has 82 valence electrons. The second kappa shape index (κ2) is 4.76. The summed E-state index contributed by atoms with van der Waals surface area (Å²) in [5.74, 6) is -0.211. The molecular weight excluding hydrogens is 247 g/mol. The highest BCUT2D eigenvalue weighted by Crippen LogP contribution is 2.30. The fourth-order valence-corrected chi connectivity index (χ4v) is 2.15. The van der Waals surface area contributed by atoms with Crippen LogP contribution in [0.1, 0.15) is 0 Å². The minimum absolute atomic E-state index is 0.120. The van der Waals surface area contributed by atoms with Crippen molar-refractivity contribution in [1.82, 2.24) is 0 Å². The van der Waals surface area contributed by atoms with Crippen LogP contribution in [-0.2, 0) is 0 Å². The summed E-state index contributed by atoms with van der Waals surface area (Å²) in [5, 5.41) is 9.24. The first-order valence-electron chi connectivity index (χ1n) is 4.57. The van der Waals surface area contributed by atoms with Gasteiger partial charge in [0.2, 0.25) is 0 Å². The van der Waals surface area contributed by atoms with Gasteiger partial charge in [-0.3, -0.25) is 0 Å². The van der Waals surface area contributed by atoms with Crippen LogP contribution in [0.2, 0.25) is 5.02 Å². The maximum atomic E-state index is 13.2. The predicted octanol–water partition coefficient (Wildman–Crippen LogP) is 4.34. The third-order valence-corrected chi connectivity index (χ3v) is 3.27. The van der Waals surface area contributed by atoms with E-state index >= 15 is 0 Å². The van der Waals surface area contributed by atoms with Gasteiger partial charge in [0.15, 0.2) is 0 Å². The van der Waals surface area contributed by atoms with E-state index in [1.54, 1.807) is 30.3 Å². The fourth-order valence-electron chi connectivity index (χ4n) is 1.19. The average molecular weight is 255 g/mol. The van der Waals surface area contributed by atoms with Crippen LogP contribution in [0.15, 0.2) is 52.3 Å². The van der Waals surface area contributed by atoms with Crippen molar-refractivity contribution in [1.29, 1.82) is 0 Å². The fraction of sp³-hybridized carbons (Fsp3) is 0. The lowest BCUT2D eigenvalue weighted by Gasteiger charge is -2.02. The lowest BCUT2D eigenvalue weighted by atomic mass is 10.3. The first-order valence-corrected chi connectivity index (χ1v) is 5.76. The molecule has 0 unspecified atom stereocenters. The molecule has 0 aromatic heterocycles. The summed E-state index contributed by atoms with van der Waals surface area (Å²) in [6, 6.07) is 11.4. The zero-order valence-electron chi connectivity index (χ0n) is 8.15. The minimum Gasteiger partial charge on any atom is -0.508 e. The Balaban J connectivity index is 2.20. The van der Waals surface area contributed by atoms with Gasteiger partial charge in [-0.25, -0.2) is 4.39 Å². The topological polar surface area (TPSA) is 20.2 Å². The molecule has 0 saturated carbocycles. The molecule has 0 heterocycles. The van der Waals surface area contributed by atoms with Gasteiger partial charge in [0.25, 0.3) is 0 Å². The number of rotatable bonds is 2. The van der Waals surface area contributed by atoms with Gasteiger partial charge in [0, 0.05) is 9.79 Å². The third kappa shape index (κ3) is 2.68. The summed E-state index contributed by atoms with van der Waals surface area (Å²) in [4.78, 5) is 1.70. The lowest BCUT2D eigenvalue weighted by Crippen LogP contribution is -1.78. The maximum absolute atomic E-state index is 13.2. The van der Waals surface area contributed by atoms with Crippen molar-refractivity contribution in [2.75, 3.05) is 0 Å². The molecule has 0 atom stereocenters. The van der Waals surface area contributed by atoms with Crippen LogP contribution in [0.5, 0.6) is 5.75 Å². The van der Waals surface area contributed by atoms with Crippen LogP contribution in [0, 0.1) is 5.82 Å². The van der Waals surface area contributed by atoms with Crippen molar-refractivity contribution in [2.45, 2.75) is 9.79 Å². The monoisotopic (exact) mass is 254 g/mol. The summed E-state index contributed by atoms with van der Waals surface area (Å²) in [5.41, 5.74) is 0. The van der Waals surface area contributed by atoms with E-state index in [1.807, 2.05) is 0 Å². The smallest absolute Gasteiger partial charge is 0.142 e. The molecule has 0 fully saturated rings. The van der Waals surface area contributed by atoms with Gasteiger partial charge in [0.1, 0.15) is 11.6 Å². The summed E-state index contributed by atoms with van der Waals surface area (Å²) in [6.07, 6.45) is 0. The molecule has 0 aliphatic rings. The Morgan fingerprint density at radius 3 is 2.25 bits per heavy atom. The Morgan fingerprint density at radius 1 is 1.00 bits per heavy atom. The molecule has 2 aromatic carbocycles. The van der Waals surface area contributed by atoms with E-state index in [0.717, 1.165) is 9.79 Å². The number of phenolic OH excluding ortho intramolecular Hbond substituents is 1. The number of phenols is 1. The molecule has 16 heavy (non-hydrogen) atoms. The highest BCUT2D eigenvalue weighted by Gasteiger charge is 2.02. The molecule has 0 aliphatic carbocycles. The van der Waals surface area contributed by atoms with Crippen molar-refractivity contribution in [2.24, 2.45) is 0 Å². The molecule has 1 N–H and O–H groups in total. The molecule has 2 rings (SSSR count). The molecular formula is C12H8ClFOS. The standard InChI is InChI=1S/C12H8ClFOS/c13-11-6-5-10(7-12(11)14)16-9-3-1-8(15)2-4-9/h1-7,15H. The van der Waals surface area contributed by atoms with Crippen molar-refractivity contribution < 1.29 is 9.50 Å². The molecule has 1 nitrogen and oxygen atoms in total. The highest BCUT2D eigenvalue weighted by molar-refractivity contribution is 7.99. The van der Waals surface area contributed by atoms with Crippen LogP contribution in [0.25, 0.3) is 0 Å². The molecule has 2 aromatic rings. The summed E-state index contributed by atoms with van der Waals surface area (Å²) in [6.45, 7) is 0. The second-order valence-electron chi connectivity index (χ2n) is 3.17. The Morgan fingerprint density at radius 2 is 1.62 bits per heavy atom. The van der Waals surface area contributed by atoms with E-state index in [4.69, 9.17) is 16.7 Å². The Kier molecular flexibility index (Phi) is 3.36. The second-order valence-corrected chi connectivity index (χ2v) is 4.73. The van der Waals surface area contributed by atoms with Crippen molar-refractivity contribution >= 4 is 23.4 Å². The normalized spacial score (nSPS) is 10.4. The molecule has 0 radical (unpaired) electrons. The molecule has 4 heteroatoms. The molecule has 0 spiro atoms. The number of benzene rings is 2. The molecule has 0 amide bonds. The van der Waals surface area contributed by atoms with Crippen LogP contribution in [0.3, 0.4) is 0 Å². The largest absolute Gasteiger partial charge is 0.508 e. The average Bonchev–Trinajstić information content (AvgIpc) is 2.27. The summed E-state index contributed by atoms with van der Waals surface area (Å²) >= 11 is 7.00. The van der Waals surface area contributed by atoms with E-state index in [-0.39, 0.29) is 10.8 Å². The number of hydrogen-bond acceptors (Lipinski definition) is 2. The summed E-state index contributed by atoms with van der Waals surface area (Å²) in [7, 11) is 0. The first kappa shape index (κ1) is 11.3. The summed E-state index contributed by atoms with van der Waals surface area (Å²) < 4.78 is 13.2. The maximum Gasteiger partial charge on any atom is 0.142 e.